The van der Waals surface area contributed by atoms with E-state index in [9.17, 15) is 9.18 Å². The van der Waals surface area contributed by atoms with Gasteiger partial charge < -0.3 is 19.5 Å². The van der Waals surface area contributed by atoms with Crippen molar-refractivity contribution in [2.75, 3.05) is 26.4 Å². The summed E-state index contributed by atoms with van der Waals surface area (Å²) in [6.45, 7) is 8.29. The van der Waals surface area contributed by atoms with Gasteiger partial charge in [-0.25, -0.2) is 4.39 Å². The number of nitrogens with one attached hydrogen (secondary N) is 1. The van der Waals surface area contributed by atoms with Gasteiger partial charge in [0.2, 0.25) is 5.91 Å². The number of ether oxygens (including phenoxy) is 3. The Morgan fingerprint density at radius 1 is 1.03 bits per heavy atom. The van der Waals surface area contributed by atoms with Crippen LogP contribution in [0.2, 0.25) is 0 Å². The second kappa shape index (κ2) is 11.3. The van der Waals surface area contributed by atoms with Crippen molar-refractivity contribution >= 4 is 5.91 Å². The van der Waals surface area contributed by atoms with Crippen LogP contribution in [0.4, 0.5) is 4.39 Å². The molecular weight excluding hydrogens is 409 g/mol. The van der Waals surface area contributed by atoms with Crippen molar-refractivity contribution in [2.24, 2.45) is 0 Å². The molecule has 1 heterocycles. The Morgan fingerprint density at radius 3 is 2.28 bits per heavy atom. The molecular formula is C26H34FNO4. The second-order valence-corrected chi connectivity index (χ2v) is 8.30. The summed E-state index contributed by atoms with van der Waals surface area (Å²) in [5.41, 5.74) is 1.03. The highest BCUT2D eigenvalue weighted by Crippen LogP contribution is 2.37. The number of benzene rings is 2. The van der Waals surface area contributed by atoms with E-state index in [-0.39, 0.29) is 17.8 Å². The van der Waals surface area contributed by atoms with Crippen LogP contribution in [0, 0.1) is 5.82 Å². The van der Waals surface area contributed by atoms with Gasteiger partial charge in [-0.1, -0.05) is 32.0 Å². The predicted octanol–water partition coefficient (Wildman–Crippen LogP) is 5.33. The van der Waals surface area contributed by atoms with Crippen molar-refractivity contribution in [3.05, 3.63) is 59.4 Å². The van der Waals surface area contributed by atoms with E-state index < -0.39 is 5.41 Å². The first-order valence-electron chi connectivity index (χ1n) is 11.5. The molecule has 1 amide bonds. The van der Waals surface area contributed by atoms with Gasteiger partial charge in [0.05, 0.1) is 24.7 Å². The molecule has 1 aliphatic heterocycles. The van der Waals surface area contributed by atoms with Crippen LogP contribution in [0.3, 0.4) is 0 Å². The lowest BCUT2D eigenvalue weighted by molar-refractivity contribution is -0.131. The molecule has 1 unspecified atom stereocenters. The number of hydrogen-bond acceptors (Lipinski definition) is 4. The van der Waals surface area contributed by atoms with Crippen LogP contribution in [0.15, 0.2) is 42.5 Å². The van der Waals surface area contributed by atoms with Crippen molar-refractivity contribution in [3.63, 3.8) is 0 Å². The van der Waals surface area contributed by atoms with Gasteiger partial charge in [0.15, 0.2) is 11.5 Å². The van der Waals surface area contributed by atoms with Crippen molar-refractivity contribution in [1.29, 1.82) is 0 Å². The SMILES string of the molecule is CCCOc1ccc(C(C)NC(=O)C2(c3ccc(F)cc3)CCOCC2)cc1OCCC. The van der Waals surface area contributed by atoms with Crippen molar-refractivity contribution in [1.82, 2.24) is 5.32 Å². The third-order valence-corrected chi connectivity index (χ3v) is 5.92. The average molecular weight is 444 g/mol. The lowest BCUT2D eigenvalue weighted by Crippen LogP contribution is -2.48. The summed E-state index contributed by atoms with van der Waals surface area (Å²) in [6, 6.07) is 11.8. The second-order valence-electron chi connectivity index (χ2n) is 8.30. The predicted molar refractivity (Wildman–Crippen MR) is 123 cm³/mol. The maximum absolute atomic E-state index is 13.5. The normalized spacial score (nSPS) is 16.2. The molecule has 0 aliphatic carbocycles. The smallest absolute Gasteiger partial charge is 0.231 e. The van der Waals surface area contributed by atoms with Gasteiger partial charge in [0.1, 0.15) is 5.82 Å². The molecule has 1 aliphatic rings. The molecule has 0 saturated carbocycles. The van der Waals surface area contributed by atoms with Crippen LogP contribution < -0.4 is 14.8 Å². The highest BCUT2D eigenvalue weighted by atomic mass is 19.1. The van der Waals surface area contributed by atoms with E-state index in [1.807, 2.05) is 25.1 Å². The summed E-state index contributed by atoms with van der Waals surface area (Å²) in [5, 5.41) is 3.18. The maximum Gasteiger partial charge on any atom is 0.231 e. The highest BCUT2D eigenvalue weighted by molar-refractivity contribution is 5.88. The molecule has 5 nitrogen and oxygen atoms in total. The van der Waals surface area contributed by atoms with Crippen LogP contribution in [-0.4, -0.2) is 32.3 Å². The van der Waals surface area contributed by atoms with E-state index in [1.165, 1.54) is 12.1 Å². The summed E-state index contributed by atoms with van der Waals surface area (Å²) in [5.74, 6) is 1.03. The van der Waals surface area contributed by atoms with Gasteiger partial charge >= 0.3 is 0 Å². The van der Waals surface area contributed by atoms with Crippen molar-refractivity contribution in [3.8, 4) is 11.5 Å². The molecule has 0 radical (unpaired) electrons. The Morgan fingerprint density at radius 2 is 1.66 bits per heavy atom. The molecule has 0 bridgehead atoms. The molecule has 1 fully saturated rings. The van der Waals surface area contributed by atoms with Crippen LogP contribution in [-0.2, 0) is 14.9 Å². The van der Waals surface area contributed by atoms with Gasteiger partial charge in [-0.3, -0.25) is 4.79 Å². The monoisotopic (exact) mass is 443 g/mol. The molecule has 0 aromatic heterocycles. The first-order chi connectivity index (χ1) is 15.5. The molecule has 1 N–H and O–H groups in total. The molecule has 1 saturated heterocycles. The van der Waals surface area contributed by atoms with Gasteiger partial charge in [-0.05, 0) is 68.0 Å². The molecule has 1 atom stereocenters. The number of hydrogen-bond donors (Lipinski definition) is 1. The number of halogens is 1. The lowest BCUT2D eigenvalue weighted by atomic mass is 9.73. The standard InChI is InChI=1S/C26H34FNO4/c1-4-14-31-23-11-6-20(18-24(23)32-15-5-2)19(3)28-25(29)26(12-16-30-17-13-26)21-7-9-22(27)10-8-21/h6-11,18-19H,4-5,12-17H2,1-3H3,(H,28,29). The van der Waals surface area contributed by atoms with E-state index >= 15 is 0 Å². The van der Waals surface area contributed by atoms with Crippen LogP contribution in [0.25, 0.3) is 0 Å². The van der Waals surface area contributed by atoms with E-state index in [4.69, 9.17) is 14.2 Å². The summed E-state index contributed by atoms with van der Waals surface area (Å²) in [4.78, 5) is 13.5. The fraction of sp³-hybridized carbons (Fsp3) is 0.500. The van der Waals surface area contributed by atoms with Crippen molar-refractivity contribution < 1.29 is 23.4 Å². The summed E-state index contributed by atoms with van der Waals surface area (Å²) in [6.07, 6.45) is 2.93. The highest BCUT2D eigenvalue weighted by Gasteiger charge is 2.42. The lowest BCUT2D eigenvalue weighted by Gasteiger charge is -2.37. The first kappa shape index (κ1) is 24.1. The molecule has 0 spiro atoms. The third-order valence-electron chi connectivity index (χ3n) is 5.92. The van der Waals surface area contributed by atoms with Gasteiger partial charge in [0.25, 0.3) is 0 Å². The van der Waals surface area contributed by atoms with E-state index in [0.717, 1.165) is 29.7 Å². The minimum Gasteiger partial charge on any atom is -0.490 e. The zero-order chi connectivity index (χ0) is 23.0. The van der Waals surface area contributed by atoms with Crippen LogP contribution in [0.5, 0.6) is 11.5 Å². The van der Waals surface area contributed by atoms with E-state index in [2.05, 4.69) is 19.2 Å². The molecule has 32 heavy (non-hydrogen) atoms. The fourth-order valence-electron chi connectivity index (χ4n) is 4.00. The molecule has 3 rings (SSSR count). The zero-order valence-electron chi connectivity index (χ0n) is 19.3. The molecule has 2 aromatic carbocycles. The van der Waals surface area contributed by atoms with E-state index in [0.29, 0.717) is 45.0 Å². The Kier molecular flexibility index (Phi) is 8.51. The van der Waals surface area contributed by atoms with Gasteiger partial charge in [-0.15, -0.1) is 0 Å². The number of rotatable bonds is 10. The quantitative estimate of drug-likeness (QED) is 0.539. The van der Waals surface area contributed by atoms with Crippen LogP contribution >= 0.6 is 0 Å². The third kappa shape index (κ3) is 5.60. The zero-order valence-corrected chi connectivity index (χ0v) is 19.3. The molecule has 2 aromatic rings. The Balaban J connectivity index is 1.81. The molecule has 6 heteroatoms. The number of carbonyl (C=O) groups excluding carboxylic acids is 1. The molecule has 174 valence electrons. The van der Waals surface area contributed by atoms with Gasteiger partial charge in [-0.2, -0.15) is 0 Å². The number of amides is 1. The summed E-state index contributed by atoms with van der Waals surface area (Å²) >= 11 is 0. The fourth-order valence-corrected chi connectivity index (χ4v) is 4.00. The van der Waals surface area contributed by atoms with E-state index in [1.54, 1.807) is 12.1 Å². The minimum absolute atomic E-state index is 0.0674. The average Bonchev–Trinajstić information content (AvgIpc) is 2.82. The number of carbonyl (C=O) groups is 1. The van der Waals surface area contributed by atoms with Crippen molar-refractivity contribution in [2.45, 2.75) is 57.9 Å². The topological polar surface area (TPSA) is 56.8 Å². The largest absolute Gasteiger partial charge is 0.490 e. The summed E-state index contributed by atoms with van der Waals surface area (Å²) < 4.78 is 30.8. The first-order valence-corrected chi connectivity index (χ1v) is 11.5. The summed E-state index contributed by atoms with van der Waals surface area (Å²) in [7, 11) is 0. The van der Waals surface area contributed by atoms with Crippen LogP contribution in [0.1, 0.15) is 63.6 Å². The maximum atomic E-state index is 13.5. The Labute approximate surface area is 190 Å². The van der Waals surface area contributed by atoms with Gasteiger partial charge in [0, 0.05) is 13.2 Å². The Bertz CT molecular complexity index is 878. The Hall–Kier alpha value is -2.60. The minimum atomic E-state index is -0.730.